The third-order valence-electron chi connectivity index (χ3n) is 3.91. The topological polar surface area (TPSA) is 64.6 Å². The molecular formula is C21H25NO4. The minimum Gasteiger partial charge on any atom is -0.482 e. The van der Waals surface area contributed by atoms with Gasteiger partial charge < -0.3 is 14.8 Å². The lowest BCUT2D eigenvalue weighted by molar-refractivity contribution is -0.149. The highest BCUT2D eigenvalue weighted by atomic mass is 16.6. The maximum atomic E-state index is 11.9. The number of hydrogen-bond acceptors (Lipinski definition) is 4. The van der Waals surface area contributed by atoms with E-state index in [2.05, 4.69) is 19.2 Å². The Morgan fingerprint density at radius 3 is 2.35 bits per heavy atom. The molecule has 1 N–H and O–H groups in total. The molecule has 2 rings (SSSR count). The second kappa shape index (κ2) is 9.04. The van der Waals surface area contributed by atoms with Crippen LogP contribution in [0.15, 0.2) is 42.5 Å². The zero-order chi connectivity index (χ0) is 19.1. The standard InChI is InChI=1S/C21H25NO4/c1-14(2)17-7-9-18(10-8-17)22-20(23)12-26-21(24)13-25-19-11-15(3)5-6-16(19)4/h5-11,14H,12-13H2,1-4H3,(H,22,23). The maximum Gasteiger partial charge on any atom is 0.344 e. The molecule has 5 heteroatoms. The van der Waals surface area contributed by atoms with Crippen LogP contribution in [0.25, 0.3) is 0 Å². The number of anilines is 1. The largest absolute Gasteiger partial charge is 0.482 e. The predicted octanol–water partition coefficient (Wildman–Crippen LogP) is 3.99. The number of carbonyl (C=O) groups excluding carboxylic acids is 2. The molecule has 2 aromatic carbocycles. The van der Waals surface area contributed by atoms with Crippen LogP contribution in [0.2, 0.25) is 0 Å². The van der Waals surface area contributed by atoms with Crippen molar-refractivity contribution in [1.82, 2.24) is 0 Å². The third-order valence-corrected chi connectivity index (χ3v) is 3.91. The Labute approximate surface area is 154 Å². The summed E-state index contributed by atoms with van der Waals surface area (Å²) < 4.78 is 10.4. The molecule has 0 aliphatic rings. The van der Waals surface area contributed by atoms with Crippen molar-refractivity contribution in [2.45, 2.75) is 33.6 Å². The van der Waals surface area contributed by atoms with Crippen LogP contribution in [-0.4, -0.2) is 25.1 Å². The Morgan fingerprint density at radius 2 is 1.69 bits per heavy atom. The number of nitrogens with one attached hydrogen (secondary N) is 1. The molecule has 0 aromatic heterocycles. The van der Waals surface area contributed by atoms with Crippen LogP contribution in [0.1, 0.15) is 36.5 Å². The highest BCUT2D eigenvalue weighted by Crippen LogP contribution is 2.19. The van der Waals surface area contributed by atoms with Crippen LogP contribution in [0.3, 0.4) is 0 Å². The van der Waals surface area contributed by atoms with Crippen LogP contribution in [0.5, 0.6) is 5.75 Å². The fourth-order valence-electron chi connectivity index (χ4n) is 2.34. The summed E-state index contributed by atoms with van der Waals surface area (Å²) in [6, 6.07) is 13.3. The number of ether oxygens (including phenoxy) is 2. The Balaban J connectivity index is 1.76. The summed E-state index contributed by atoms with van der Waals surface area (Å²) in [6.07, 6.45) is 0. The van der Waals surface area contributed by atoms with Crippen LogP contribution >= 0.6 is 0 Å². The third kappa shape index (κ3) is 5.92. The summed E-state index contributed by atoms with van der Waals surface area (Å²) in [5.74, 6) is 0.0907. The van der Waals surface area contributed by atoms with Gasteiger partial charge in [-0.1, -0.05) is 38.1 Å². The van der Waals surface area contributed by atoms with Crippen molar-refractivity contribution in [3.63, 3.8) is 0 Å². The van der Waals surface area contributed by atoms with E-state index in [0.29, 0.717) is 17.4 Å². The molecule has 0 aliphatic heterocycles. The van der Waals surface area contributed by atoms with Crippen molar-refractivity contribution in [2.24, 2.45) is 0 Å². The summed E-state index contributed by atoms with van der Waals surface area (Å²) >= 11 is 0. The van der Waals surface area contributed by atoms with Gasteiger partial charge in [0.1, 0.15) is 5.75 Å². The summed E-state index contributed by atoms with van der Waals surface area (Å²) in [5.41, 5.74) is 3.84. The molecule has 0 unspecified atom stereocenters. The van der Waals surface area contributed by atoms with Crippen molar-refractivity contribution in [2.75, 3.05) is 18.5 Å². The molecule has 0 atom stereocenters. The first kappa shape index (κ1) is 19.5. The molecule has 0 saturated heterocycles. The number of esters is 1. The van der Waals surface area contributed by atoms with Crippen molar-refractivity contribution in [3.8, 4) is 5.75 Å². The van der Waals surface area contributed by atoms with Crippen molar-refractivity contribution >= 4 is 17.6 Å². The number of carbonyl (C=O) groups is 2. The van der Waals surface area contributed by atoms with E-state index in [9.17, 15) is 9.59 Å². The molecule has 0 bridgehead atoms. The molecule has 2 aromatic rings. The minimum absolute atomic E-state index is 0.235. The van der Waals surface area contributed by atoms with Crippen LogP contribution in [-0.2, 0) is 14.3 Å². The molecule has 138 valence electrons. The molecule has 0 fully saturated rings. The summed E-state index contributed by atoms with van der Waals surface area (Å²) in [7, 11) is 0. The van der Waals surface area contributed by atoms with Crippen LogP contribution in [0.4, 0.5) is 5.69 Å². The van der Waals surface area contributed by atoms with Crippen LogP contribution < -0.4 is 10.1 Å². The van der Waals surface area contributed by atoms with Gasteiger partial charge in [-0.2, -0.15) is 0 Å². The fraction of sp³-hybridized carbons (Fsp3) is 0.333. The van der Waals surface area contributed by atoms with Gasteiger partial charge in [-0.3, -0.25) is 4.79 Å². The van der Waals surface area contributed by atoms with E-state index in [4.69, 9.17) is 9.47 Å². The second-order valence-corrected chi connectivity index (χ2v) is 6.54. The van der Waals surface area contributed by atoms with Crippen molar-refractivity contribution in [3.05, 3.63) is 59.2 Å². The zero-order valence-corrected chi connectivity index (χ0v) is 15.7. The maximum absolute atomic E-state index is 11.9. The highest BCUT2D eigenvalue weighted by molar-refractivity contribution is 5.92. The molecule has 26 heavy (non-hydrogen) atoms. The first-order valence-electron chi connectivity index (χ1n) is 8.60. The SMILES string of the molecule is Cc1ccc(C)c(OCC(=O)OCC(=O)Nc2ccc(C(C)C)cc2)c1. The number of aryl methyl sites for hydroxylation is 2. The van der Waals surface area contributed by atoms with Gasteiger partial charge in [0.05, 0.1) is 0 Å². The fourth-order valence-corrected chi connectivity index (χ4v) is 2.34. The van der Waals surface area contributed by atoms with E-state index in [1.807, 2.05) is 56.3 Å². The molecule has 0 radical (unpaired) electrons. The Hall–Kier alpha value is -2.82. The van der Waals surface area contributed by atoms with E-state index >= 15 is 0 Å². The van der Waals surface area contributed by atoms with E-state index in [-0.39, 0.29) is 19.1 Å². The lowest BCUT2D eigenvalue weighted by atomic mass is 10.0. The van der Waals surface area contributed by atoms with Gasteiger partial charge in [0, 0.05) is 5.69 Å². The molecule has 0 aliphatic carbocycles. The van der Waals surface area contributed by atoms with Gasteiger partial charge in [0.15, 0.2) is 13.2 Å². The lowest BCUT2D eigenvalue weighted by Crippen LogP contribution is -2.23. The van der Waals surface area contributed by atoms with E-state index in [1.54, 1.807) is 0 Å². The van der Waals surface area contributed by atoms with E-state index in [1.165, 1.54) is 5.56 Å². The molecule has 0 heterocycles. The molecule has 1 amide bonds. The lowest BCUT2D eigenvalue weighted by Gasteiger charge is -2.10. The van der Waals surface area contributed by atoms with Gasteiger partial charge in [-0.25, -0.2) is 4.79 Å². The monoisotopic (exact) mass is 355 g/mol. The predicted molar refractivity (Wildman–Crippen MR) is 102 cm³/mol. The number of amides is 1. The highest BCUT2D eigenvalue weighted by Gasteiger charge is 2.10. The van der Waals surface area contributed by atoms with Gasteiger partial charge in [0.25, 0.3) is 5.91 Å². The smallest absolute Gasteiger partial charge is 0.344 e. The quantitative estimate of drug-likeness (QED) is 0.763. The summed E-state index contributed by atoms with van der Waals surface area (Å²) in [5, 5.41) is 2.70. The van der Waals surface area contributed by atoms with E-state index < -0.39 is 5.97 Å². The Bertz CT molecular complexity index is 766. The molecule has 0 spiro atoms. The molecular weight excluding hydrogens is 330 g/mol. The van der Waals surface area contributed by atoms with Gasteiger partial charge in [-0.15, -0.1) is 0 Å². The Kier molecular flexibility index (Phi) is 6.78. The Morgan fingerprint density at radius 1 is 1.00 bits per heavy atom. The molecule has 5 nitrogen and oxygen atoms in total. The first-order valence-corrected chi connectivity index (χ1v) is 8.60. The van der Waals surface area contributed by atoms with Crippen LogP contribution in [0, 0.1) is 13.8 Å². The molecule has 0 saturated carbocycles. The summed E-state index contributed by atoms with van der Waals surface area (Å²) in [4.78, 5) is 23.6. The number of rotatable bonds is 7. The number of hydrogen-bond donors (Lipinski definition) is 1. The summed E-state index contributed by atoms with van der Waals surface area (Å²) in [6.45, 7) is 7.48. The first-order chi connectivity index (χ1) is 12.3. The van der Waals surface area contributed by atoms with E-state index in [0.717, 1.165) is 11.1 Å². The average Bonchev–Trinajstić information content (AvgIpc) is 2.61. The van der Waals surface area contributed by atoms with Crippen molar-refractivity contribution in [1.29, 1.82) is 0 Å². The van der Waals surface area contributed by atoms with Gasteiger partial charge >= 0.3 is 5.97 Å². The zero-order valence-electron chi connectivity index (χ0n) is 15.7. The average molecular weight is 355 g/mol. The normalized spacial score (nSPS) is 10.5. The van der Waals surface area contributed by atoms with Gasteiger partial charge in [0.2, 0.25) is 0 Å². The van der Waals surface area contributed by atoms with Gasteiger partial charge in [-0.05, 0) is 54.7 Å². The number of benzene rings is 2. The van der Waals surface area contributed by atoms with Crippen molar-refractivity contribution < 1.29 is 19.1 Å². The second-order valence-electron chi connectivity index (χ2n) is 6.54. The minimum atomic E-state index is -0.587.